The number of carbonyl (C=O) groups excluding carboxylic acids is 2. The number of nitrogens with two attached hydrogens (primary N) is 1. The first-order valence-electron chi connectivity index (χ1n) is 12.0. The van der Waals surface area contributed by atoms with Crippen molar-refractivity contribution in [3.63, 3.8) is 0 Å². The summed E-state index contributed by atoms with van der Waals surface area (Å²) < 4.78 is 11.0. The summed E-state index contributed by atoms with van der Waals surface area (Å²) in [5.41, 5.74) is 10.2. The molecule has 192 valence electrons. The first kappa shape index (κ1) is 25.8. The number of ether oxygens (including phenoxy) is 2. The fraction of sp³-hybridized carbons (Fsp3) is 0.276. The van der Waals surface area contributed by atoms with E-state index in [9.17, 15) is 19.5 Å². The summed E-state index contributed by atoms with van der Waals surface area (Å²) in [7, 11) is 0. The number of carboxylic acids is 1. The molecule has 0 saturated carbocycles. The zero-order valence-corrected chi connectivity index (χ0v) is 20.8. The molecule has 0 fully saturated rings. The van der Waals surface area contributed by atoms with E-state index < -0.39 is 29.7 Å². The van der Waals surface area contributed by atoms with Crippen LogP contribution in [0.15, 0.2) is 72.8 Å². The van der Waals surface area contributed by atoms with Gasteiger partial charge in [-0.15, -0.1) is 0 Å². The minimum Gasteiger partial charge on any atom is -0.480 e. The smallest absolute Gasteiger partial charge is 0.408 e. The molecule has 0 aliphatic heterocycles. The maximum atomic E-state index is 12.7. The van der Waals surface area contributed by atoms with E-state index in [1.165, 1.54) is 0 Å². The van der Waals surface area contributed by atoms with Crippen LogP contribution in [0, 0.1) is 0 Å². The number of fused-ring (bicyclic) bond motifs is 3. The van der Waals surface area contributed by atoms with Gasteiger partial charge in [-0.3, -0.25) is 4.79 Å². The summed E-state index contributed by atoms with van der Waals surface area (Å²) in [6, 6.07) is 21.6. The van der Waals surface area contributed by atoms with Gasteiger partial charge < -0.3 is 25.6 Å². The van der Waals surface area contributed by atoms with Crippen LogP contribution in [-0.4, -0.2) is 41.4 Å². The minimum absolute atomic E-state index is 0.0531. The van der Waals surface area contributed by atoms with Gasteiger partial charge in [0.25, 0.3) is 0 Å². The predicted octanol–water partition coefficient (Wildman–Crippen LogP) is 4.52. The van der Waals surface area contributed by atoms with Crippen molar-refractivity contribution >= 4 is 23.7 Å². The number of anilines is 1. The molecule has 8 heteroatoms. The molecule has 3 aromatic carbocycles. The van der Waals surface area contributed by atoms with Gasteiger partial charge in [-0.25, -0.2) is 9.59 Å². The van der Waals surface area contributed by atoms with Crippen LogP contribution < -0.4 is 11.1 Å². The number of hydrogen-bond donors (Lipinski definition) is 3. The van der Waals surface area contributed by atoms with Crippen molar-refractivity contribution in [1.29, 1.82) is 0 Å². The Balaban J connectivity index is 1.32. The predicted molar refractivity (Wildman–Crippen MR) is 139 cm³/mol. The molecule has 0 bridgehead atoms. The van der Waals surface area contributed by atoms with Crippen LogP contribution in [0.1, 0.15) is 42.9 Å². The van der Waals surface area contributed by atoms with Gasteiger partial charge in [-0.2, -0.15) is 0 Å². The van der Waals surface area contributed by atoms with Crippen molar-refractivity contribution in [1.82, 2.24) is 5.32 Å². The topological polar surface area (TPSA) is 128 Å². The first-order valence-corrected chi connectivity index (χ1v) is 12.0. The van der Waals surface area contributed by atoms with Crippen molar-refractivity contribution in [2.75, 3.05) is 12.3 Å². The molecule has 1 aliphatic carbocycles. The van der Waals surface area contributed by atoms with E-state index in [2.05, 4.69) is 17.4 Å². The third-order valence-electron chi connectivity index (χ3n) is 6.32. The van der Waals surface area contributed by atoms with Gasteiger partial charge >= 0.3 is 18.0 Å². The summed E-state index contributed by atoms with van der Waals surface area (Å²) in [6.07, 6.45) is -1.07. The number of amides is 1. The maximum Gasteiger partial charge on any atom is 0.408 e. The number of nitrogens with one attached hydrogen (secondary N) is 1. The largest absolute Gasteiger partial charge is 0.480 e. The van der Waals surface area contributed by atoms with E-state index in [1.54, 1.807) is 38.1 Å². The molecule has 0 heterocycles. The highest BCUT2D eigenvalue weighted by molar-refractivity contribution is 5.81. The van der Waals surface area contributed by atoms with E-state index in [1.807, 2.05) is 36.4 Å². The lowest BCUT2D eigenvalue weighted by Crippen LogP contribution is -2.45. The number of nitrogen functional groups attached to an aromatic ring is 1. The Morgan fingerprint density at radius 2 is 1.51 bits per heavy atom. The van der Waals surface area contributed by atoms with E-state index in [0.717, 1.165) is 22.3 Å². The SMILES string of the molecule is CC(C)(CC(=O)OCC1c2ccccc2-c2ccccc21)OC(=O)N[C@H](Cc1ccc(N)cc1)C(=O)O. The number of carbonyl (C=O) groups is 3. The van der Waals surface area contributed by atoms with Crippen molar-refractivity contribution in [3.8, 4) is 11.1 Å². The minimum atomic E-state index is -1.21. The summed E-state index contributed by atoms with van der Waals surface area (Å²) in [6.45, 7) is 3.31. The first-order chi connectivity index (χ1) is 17.6. The highest BCUT2D eigenvalue weighted by Crippen LogP contribution is 2.44. The molecule has 1 atom stereocenters. The molecule has 0 spiro atoms. The normalized spacial score (nSPS) is 13.2. The Kier molecular flexibility index (Phi) is 7.47. The lowest BCUT2D eigenvalue weighted by Gasteiger charge is -2.26. The van der Waals surface area contributed by atoms with Gasteiger partial charge in [0.1, 0.15) is 18.2 Å². The second kappa shape index (κ2) is 10.7. The van der Waals surface area contributed by atoms with Crippen molar-refractivity contribution in [2.24, 2.45) is 0 Å². The number of aliphatic carboxylic acids is 1. The molecule has 0 saturated heterocycles. The molecule has 1 aliphatic rings. The highest BCUT2D eigenvalue weighted by atomic mass is 16.6. The molecule has 37 heavy (non-hydrogen) atoms. The number of esters is 1. The quantitative estimate of drug-likeness (QED) is 0.290. The molecule has 0 unspecified atom stereocenters. The molecule has 3 aromatic rings. The Morgan fingerprint density at radius 1 is 0.946 bits per heavy atom. The van der Waals surface area contributed by atoms with Gasteiger partial charge in [-0.1, -0.05) is 60.7 Å². The number of rotatable bonds is 9. The molecule has 0 radical (unpaired) electrons. The monoisotopic (exact) mass is 502 g/mol. The van der Waals surface area contributed by atoms with Crippen LogP contribution in [0.3, 0.4) is 0 Å². The zero-order chi connectivity index (χ0) is 26.6. The molecular formula is C29H30N2O6. The van der Waals surface area contributed by atoms with Gasteiger partial charge in [0.2, 0.25) is 0 Å². The summed E-state index contributed by atoms with van der Waals surface area (Å²) in [4.78, 5) is 36.8. The average Bonchev–Trinajstić information content (AvgIpc) is 3.16. The second-order valence-corrected chi connectivity index (χ2v) is 9.72. The maximum absolute atomic E-state index is 12.7. The molecule has 4 rings (SSSR count). The fourth-order valence-corrected chi connectivity index (χ4v) is 4.56. The lowest BCUT2D eigenvalue weighted by molar-refractivity contribution is -0.148. The fourth-order valence-electron chi connectivity index (χ4n) is 4.56. The summed E-state index contributed by atoms with van der Waals surface area (Å²) in [5.74, 6) is -1.80. The second-order valence-electron chi connectivity index (χ2n) is 9.72. The van der Waals surface area contributed by atoms with Crippen LogP contribution in [0.5, 0.6) is 0 Å². The van der Waals surface area contributed by atoms with Gasteiger partial charge in [0, 0.05) is 18.0 Å². The zero-order valence-electron chi connectivity index (χ0n) is 20.8. The molecule has 4 N–H and O–H groups in total. The summed E-state index contributed by atoms with van der Waals surface area (Å²) in [5, 5.41) is 11.9. The third-order valence-corrected chi connectivity index (χ3v) is 6.32. The van der Waals surface area contributed by atoms with Crippen LogP contribution in [0.4, 0.5) is 10.5 Å². The van der Waals surface area contributed by atoms with E-state index in [0.29, 0.717) is 11.3 Å². The molecule has 1 amide bonds. The van der Waals surface area contributed by atoms with Crippen LogP contribution in [0.25, 0.3) is 11.1 Å². The van der Waals surface area contributed by atoms with Gasteiger partial charge in [0.15, 0.2) is 0 Å². The Labute approximate surface area is 215 Å². The number of carboxylic acid groups (broad SMARTS) is 1. The van der Waals surface area contributed by atoms with Crippen LogP contribution in [-0.2, 0) is 25.5 Å². The van der Waals surface area contributed by atoms with Crippen molar-refractivity contribution in [3.05, 3.63) is 89.5 Å². The average molecular weight is 503 g/mol. The van der Waals surface area contributed by atoms with Crippen molar-refractivity contribution < 1.29 is 29.0 Å². The standard InChI is InChI=1S/C29H30N2O6/c1-29(2,37-28(35)31-25(27(33)34)15-18-11-13-19(30)14-12-18)16-26(32)36-17-24-22-9-5-3-7-20(22)21-8-4-6-10-23(21)24/h3-14,24-25H,15-17,30H2,1-2H3,(H,31,35)(H,33,34)/t25-/m1/s1. The number of hydrogen-bond acceptors (Lipinski definition) is 6. The number of alkyl carbamates (subject to hydrolysis) is 1. The van der Waals surface area contributed by atoms with Crippen LogP contribution >= 0.6 is 0 Å². The lowest BCUT2D eigenvalue weighted by atomic mass is 9.98. The Morgan fingerprint density at radius 3 is 2.08 bits per heavy atom. The van der Waals surface area contributed by atoms with E-state index in [-0.39, 0.29) is 25.4 Å². The van der Waals surface area contributed by atoms with Crippen molar-refractivity contribution in [2.45, 2.75) is 44.2 Å². The molecule has 8 nitrogen and oxygen atoms in total. The summed E-state index contributed by atoms with van der Waals surface area (Å²) >= 11 is 0. The van der Waals surface area contributed by atoms with Gasteiger partial charge in [-0.05, 0) is 53.8 Å². The molecular weight excluding hydrogens is 472 g/mol. The Hall–Kier alpha value is -4.33. The Bertz CT molecular complexity index is 1260. The van der Waals surface area contributed by atoms with E-state index in [4.69, 9.17) is 15.2 Å². The van der Waals surface area contributed by atoms with Gasteiger partial charge in [0.05, 0.1) is 6.42 Å². The number of benzene rings is 3. The molecule has 0 aromatic heterocycles. The van der Waals surface area contributed by atoms with E-state index >= 15 is 0 Å². The highest BCUT2D eigenvalue weighted by Gasteiger charge is 2.32. The third kappa shape index (κ3) is 6.27. The van der Waals surface area contributed by atoms with Crippen LogP contribution in [0.2, 0.25) is 0 Å².